The molecule has 2 saturated heterocycles. The molecule has 7 nitrogen and oxygen atoms in total. The van der Waals surface area contributed by atoms with Crippen LogP contribution in [0.4, 0.5) is 20.4 Å². The number of anilines is 2. The largest absolute Gasteiger partial charge is 0.351 e. The molecule has 0 N–H and O–H groups in total. The van der Waals surface area contributed by atoms with Gasteiger partial charge in [0, 0.05) is 76.4 Å². The van der Waals surface area contributed by atoms with Crippen LogP contribution in [0, 0.1) is 6.92 Å². The van der Waals surface area contributed by atoms with E-state index in [4.69, 9.17) is 0 Å². The Kier molecular flexibility index (Phi) is 5.18. The number of halogens is 2. The lowest BCUT2D eigenvalue weighted by molar-refractivity contribution is -0.0118. The average Bonchev–Trinajstić information content (AvgIpc) is 3.00. The molecule has 0 aromatic carbocycles. The summed E-state index contributed by atoms with van der Waals surface area (Å²) in [5.74, 6) is -1.36. The van der Waals surface area contributed by atoms with Crippen molar-refractivity contribution in [3.63, 3.8) is 0 Å². The number of piperazine rings is 1. The predicted octanol–water partition coefficient (Wildman–Crippen LogP) is 2.08. The zero-order chi connectivity index (χ0) is 19.7. The molecule has 2 aliphatic rings. The maximum atomic E-state index is 13.9. The van der Waals surface area contributed by atoms with Crippen LogP contribution in [-0.4, -0.2) is 69.8 Å². The first-order valence-corrected chi connectivity index (χ1v) is 9.81. The summed E-state index contributed by atoms with van der Waals surface area (Å²) in [6.07, 6.45) is 5.59. The second kappa shape index (κ2) is 7.62. The highest BCUT2D eigenvalue weighted by atomic mass is 19.3. The summed E-state index contributed by atoms with van der Waals surface area (Å²) in [6.45, 7) is 6.66. The maximum absolute atomic E-state index is 13.9. The van der Waals surface area contributed by atoms with E-state index >= 15 is 0 Å². The van der Waals surface area contributed by atoms with Crippen LogP contribution in [0.2, 0.25) is 0 Å². The van der Waals surface area contributed by atoms with Gasteiger partial charge in [-0.15, -0.1) is 0 Å². The molecule has 28 heavy (non-hydrogen) atoms. The lowest BCUT2D eigenvalue weighted by Gasteiger charge is -2.38. The molecule has 2 fully saturated rings. The van der Waals surface area contributed by atoms with Crippen molar-refractivity contribution in [2.24, 2.45) is 7.05 Å². The minimum absolute atomic E-state index is 0.0501. The molecule has 2 aliphatic heterocycles. The molecule has 4 rings (SSSR count). The summed E-state index contributed by atoms with van der Waals surface area (Å²) in [7, 11) is 1.95. The summed E-state index contributed by atoms with van der Waals surface area (Å²) in [6, 6.07) is 0. The Hall–Kier alpha value is -2.29. The van der Waals surface area contributed by atoms with E-state index in [0.29, 0.717) is 18.8 Å². The highest BCUT2D eigenvalue weighted by molar-refractivity contribution is 5.62. The molecule has 4 heterocycles. The fourth-order valence-corrected chi connectivity index (χ4v) is 3.97. The van der Waals surface area contributed by atoms with Gasteiger partial charge in [-0.2, -0.15) is 5.10 Å². The number of rotatable bonds is 4. The number of aromatic nitrogens is 4. The van der Waals surface area contributed by atoms with Gasteiger partial charge >= 0.3 is 0 Å². The number of hydrogen-bond acceptors (Lipinski definition) is 6. The average molecular weight is 391 g/mol. The SMILES string of the molecule is Cc1c(CN2CCN(c3nccnc3N3CCCC(F)(F)C3)CC2)cnn1C. The van der Waals surface area contributed by atoms with Crippen LogP contribution in [0.5, 0.6) is 0 Å². The Morgan fingerprint density at radius 1 is 1.00 bits per heavy atom. The second-order valence-corrected chi connectivity index (χ2v) is 7.73. The topological polar surface area (TPSA) is 53.3 Å². The molecule has 152 valence electrons. The summed E-state index contributed by atoms with van der Waals surface area (Å²) in [4.78, 5) is 15.2. The van der Waals surface area contributed by atoms with E-state index in [1.54, 1.807) is 17.3 Å². The number of nitrogens with zero attached hydrogens (tertiary/aromatic N) is 7. The van der Waals surface area contributed by atoms with Crippen LogP contribution < -0.4 is 9.80 Å². The van der Waals surface area contributed by atoms with Crippen molar-refractivity contribution in [2.45, 2.75) is 32.2 Å². The molecule has 0 amide bonds. The zero-order valence-electron chi connectivity index (χ0n) is 16.5. The summed E-state index contributed by atoms with van der Waals surface area (Å²) in [5.41, 5.74) is 2.43. The fraction of sp³-hybridized carbons (Fsp3) is 0.632. The highest BCUT2D eigenvalue weighted by Gasteiger charge is 2.37. The number of alkyl halides is 2. The smallest absolute Gasteiger partial charge is 0.265 e. The maximum Gasteiger partial charge on any atom is 0.265 e. The molecule has 0 spiro atoms. The van der Waals surface area contributed by atoms with Crippen molar-refractivity contribution in [3.05, 3.63) is 29.8 Å². The fourth-order valence-electron chi connectivity index (χ4n) is 3.97. The van der Waals surface area contributed by atoms with Gasteiger partial charge in [-0.3, -0.25) is 9.58 Å². The second-order valence-electron chi connectivity index (χ2n) is 7.73. The molecule has 0 radical (unpaired) electrons. The third-order valence-electron chi connectivity index (χ3n) is 5.76. The van der Waals surface area contributed by atoms with Crippen LogP contribution >= 0.6 is 0 Å². The van der Waals surface area contributed by atoms with Gasteiger partial charge in [-0.25, -0.2) is 18.7 Å². The Labute approximate surface area is 164 Å². The first kappa shape index (κ1) is 19.0. The van der Waals surface area contributed by atoms with E-state index in [1.165, 1.54) is 11.3 Å². The van der Waals surface area contributed by atoms with Gasteiger partial charge in [0.1, 0.15) is 0 Å². The lowest BCUT2D eigenvalue weighted by atomic mass is 10.1. The predicted molar refractivity (Wildman–Crippen MR) is 104 cm³/mol. The van der Waals surface area contributed by atoms with Crippen molar-refractivity contribution in [3.8, 4) is 0 Å². The zero-order valence-corrected chi connectivity index (χ0v) is 16.5. The summed E-state index contributed by atoms with van der Waals surface area (Å²) >= 11 is 0. The van der Waals surface area contributed by atoms with Crippen molar-refractivity contribution in [1.29, 1.82) is 0 Å². The lowest BCUT2D eigenvalue weighted by Crippen LogP contribution is -2.48. The quantitative estimate of drug-likeness (QED) is 0.796. The molecule has 2 aromatic rings. The molecule has 9 heteroatoms. The van der Waals surface area contributed by atoms with Gasteiger partial charge in [0.15, 0.2) is 11.6 Å². The third-order valence-corrected chi connectivity index (χ3v) is 5.76. The Morgan fingerprint density at radius 2 is 1.68 bits per heavy atom. The minimum atomic E-state index is -2.66. The third kappa shape index (κ3) is 3.94. The minimum Gasteiger partial charge on any atom is -0.351 e. The van der Waals surface area contributed by atoms with Crippen LogP contribution in [0.25, 0.3) is 0 Å². The molecule has 0 saturated carbocycles. The normalized spacial score (nSPS) is 20.6. The van der Waals surface area contributed by atoms with E-state index in [9.17, 15) is 8.78 Å². The standard InChI is InChI=1S/C19H27F2N7/c1-15-16(12-24-25(15)2)13-26-8-10-27(11-9-26)17-18(23-6-5-22-17)28-7-3-4-19(20,21)14-28/h5-6,12H,3-4,7-11,13-14H2,1-2H3. The number of piperidine rings is 1. The monoisotopic (exact) mass is 391 g/mol. The molecule has 0 bridgehead atoms. The summed E-state index contributed by atoms with van der Waals surface area (Å²) < 4.78 is 29.7. The molecule has 0 aliphatic carbocycles. The Balaban J connectivity index is 1.43. The Bertz CT molecular complexity index is 814. The van der Waals surface area contributed by atoms with Crippen LogP contribution in [0.3, 0.4) is 0 Å². The molecular formula is C19H27F2N7. The van der Waals surface area contributed by atoms with Crippen LogP contribution in [0.15, 0.2) is 18.6 Å². The van der Waals surface area contributed by atoms with E-state index in [1.807, 2.05) is 17.9 Å². The van der Waals surface area contributed by atoms with E-state index < -0.39 is 5.92 Å². The number of aryl methyl sites for hydroxylation is 1. The van der Waals surface area contributed by atoms with Crippen LogP contribution in [0.1, 0.15) is 24.1 Å². The van der Waals surface area contributed by atoms with Gasteiger partial charge in [0.05, 0.1) is 12.7 Å². The van der Waals surface area contributed by atoms with Gasteiger partial charge in [0.25, 0.3) is 5.92 Å². The van der Waals surface area contributed by atoms with Gasteiger partial charge < -0.3 is 9.80 Å². The van der Waals surface area contributed by atoms with Crippen molar-refractivity contribution >= 4 is 11.6 Å². The van der Waals surface area contributed by atoms with E-state index in [0.717, 1.165) is 38.5 Å². The molecule has 0 atom stereocenters. The van der Waals surface area contributed by atoms with Crippen molar-refractivity contribution < 1.29 is 8.78 Å². The van der Waals surface area contributed by atoms with Crippen LogP contribution in [-0.2, 0) is 13.6 Å². The van der Waals surface area contributed by atoms with Gasteiger partial charge in [0.2, 0.25) is 0 Å². The van der Waals surface area contributed by atoms with Gasteiger partial charge in [-0.1, -0.05) is 0 Å². The highest BCUT2D eigenvalue weighted by Crippen LogP contribution is 2.33. The van der Waals surface area contributed by atoms with E-state index in [-0.39, 0.29) is 13.0 Å². The molecule has 0 unspecified atom stereocenters. The van der Waals surface area contributed by atoms with Crippen molar-refractivity contribution in [1.82, 2.24) is 24.6 Å². The molecule has 2 aromatic heterocycles. The first-order valence-electron chi connectivity index (χ1n) is 9.81. The van der Waals surface area contributed by atoms with E-state index in [2.05, 4.69) is 31.8 Å². The number of hydrogen-bond donors (Lipinski definition) is 0. The molecular weight excluding hydrogens is 364 g/mol. The summed E-state index contributed by atoms with van der Waals surface area (Å²) in [5, 5.41) is 4.31. The Morgan fingerprint density at radius 3 is 2.29 bits per heavy atom. The van der Waals surface area contributed by atoms with Crippen molar-refractivity contribution in [2.75, 3.05) is 49.1 Å². The van der Waals surface area contributed by atoms with Gasteiger partial charge in [-0.05, 0) is 13.3 Å². The first-order chi connectivity index (χ1) is 13.4.